The highest BCUT2D eigenvalue weighted by atomic mass is 16.5. The van der Waals surface area contributed by atoms with E-state index in [-0.39, 0.29) is 12.1 Å². The third kappa shape index (κ3) is 3.39. The van der Waals surface area contributed by atoms with Crippen LogP contribution in [0.3, 0.4) is 0 Å². The van der Waals surface area contributed by atoms with Crippen LogP contribution in [0.15, 0.2) is 55.1 Å². The van der Waals surface area contributed by atoms with E-state index >= 15 is 0 Å². The molecule has 16 heavy (non-hydrogen) atoms. The van der Waals surface area contributed by atoms with Crippen molar-refractivity contribution < 1.29 is 9.53 Å². The lowest BCUT2D eigenvalue weighted by Gasteiger charge is -2.16. The van der Waals surface area contributed by atoms with Crippen molar-refractivity contribution in [3.63, 3.8) is 0 Å². The molecule has 0 saturated heterocycles. The Morgan fingerprint density at radius 2 is 2.06 bits per heavy atom. The number of carbonyl (C=O) groups is 1. The summed E-state index contributed by atoms with van der Waals surface area (Å²) in [5, 5.41) is 0. The highest BCUT2D eigenvalue weighted by molar-refractivity contribution is 5.87. The fourth-order valence-electron chi connectivity index (χ4n) is 1.30. The predicted octanol–water partition coefficient (Wildman–Crippen LogP) is 3.42. The normalized spacial score (nSPS) is 11.6. The third-order valence-electron chi connectivity index (χ3n) is 2.15. The lowest BCUT2D eigenvalue weighted by atomic mass is 10.1. The summed E-state index contributed by atoms with van der Waals surface area (Å²) in [6.07, 6.45) is 2.06. The molecule has 0 fully saturated rings. The minimum absolute atomic E-state index is 0.275. The van der Waals surface area contributed by atoms with Gasteiger partial charge in [-0.3, -0.25) is 0 Å². The van der Waals surface area contributed by atoms with Crippen LogP contribution in [-0.4, -0.2) is 5.97 Å². The molecule has 0 bridgehead atoms. The van der Waals surface area contributed by atoms with Crippen LogP contribution in [0.2, 0.25) is 0 Å². The predicted molar refractivity (Wildman–Crippen MR) is 64.9 cm³/mol. The molecule has 0 N–H and O–H groups in total. The molecule has 0 radical (unpaired) electrons. The summed E-state index contributed by atoms with van der Waals surface area (Å²) in [4.78, 5) is 11.4. The molecule has 1 aromatic rings. The van der Waals surface area contributed by atoms with Crippen molar-refractivity contribution in [2.45, 2.75) is 19.4 Å². The number of ether oxygens (including phenoxy) is 1. The summed E-state index contributed by atoms with van der Waals surface area (Å²) in [5.41, 5.74) is 1.38. The average Bonchev–Trinajstić information content (AvgIpc) is 2.29. The van der Waals surface area contributed by atoms with Crippen LogP contribution in [0.5, 0.6) is 0 Å². The molecule has 0 aliphatic rings. The molecule has 0 aliphatic heterocycles. The van der Waals surface area contributed by atoms with E-state index in [1.165, 1.54) is 0 Å². The summed E-state index contributed by atoms with van der Waals surface area (Å²) in [7, 11) is 0. The van der Waals surface area contributed by atoms with E-state index < -0.39 is 0 Å². The summed E-state index contributed by atoms with van der Waals surface area (Å²) in [6.45, 7) is 8.86. The second-order valence-corrected chi connectivity index (χ2v) is 3.61. The first kappa shape index (κ1) is 12.2. The number of hydrogen-bond donors (Lipinski definition) is 0. The van der Waals surface area contributed by atoms with Crippen molar-refractivity contribution in [2.24, 2.45) is 0 Å². The van der Waals surface area contributed by atoms with Gasteiger partial charge in [0.05, 0.1) is 0 Å². The van der Waals surface area contributed by atoms with Gasteiger partial charge in [0.15, 0.2) is 0 Å². The van der Waals surface area contributed by atoms with Gasteiger partial charge in [0, 0.05) is 12.0 Å². The molecule has 84 valence electrons. The topological polar surface area (TPSA) is 26.3 Å². The van der Waals surface area contributed by atoms with Crippen LogP contribution in [0.4, 0.5) is 0 Å². The zero-order valence-electron chi connectivity index (χ0n) is 9.48. The highest BCUT2D eigenvalue weighted by Crippen LogP contribution is 2.22. The van der Waals surface area contributed by atoms with Crippen molar-refractivity contribution in [1.29, 1.82) is 0 Å². The van der Waals surface area contributed by atoms with Crippen molar-refractivity contribution in [3.8, 4) is 0 Å². The Kier molecular flexibility index (Phi) is 4.52. The number of carbonyl (C=O) groups excluding carboxylic acids is 1. The van der Waals surface area contributed by atoms with E-state index in [0.717, 1.165) is 5.56 Å². The zero-order valence-corrected chi connectivity index (χ0v) is 9.48. The monoisotopic (exact) mass is 216 g/mol. The first-order chi connectivity index (χ1) is 7.65. The number of hydrogen-bond acceptors (Lipinski definition) is 2. The van der Waals surface area contributed by atoms with Crippen LogP contribution in [0, 0.1) is 0 Å². The van der Waals surface area contributed by atoms with Gasteiger partial charge in [-0.25, -0.2) is 4.79 Å². The van der Waals surface area contributed by atoms with Gasteiger partial charge in [-0.1, -0.05) is 43.0 Å². The fraction of sp³-hybridized carbons (Fsp3) is 0.214. The van der Waals surface area contributed by atoms with Crippen molar-refractivity contribution in [3.05, 3.63) is 60.7 Å². The third-order valence-corrected chi connectivity index (χ3v) is 2.15. The minimum Gasteiger partial charge on any atom is -0.454 e. The smallest absolute Gasteiger partial charge is 0.333 e. The number of benzene rings is 1. The molecular formula is C14H16O2. The zero-order chi connectivity index (χ0) is 12.0. The van der Waals surface area contributed by atoms with Gasteiger partial charge in [-0.05, 0) is 12.5 Å². The molecule has 0 heterocycles. The fourth-order valence-corrected chi connectivity index (χ4v) is 1.30. The van der Waals surface area contributed by atoms with Gasteiger partial charge in [0.2, 0.25) is 0 Å². The molecule has 2 nitrogen and oxygen atoms in total. The molecule has 0 aliphatic carbocycles. The standard InChI is InChI=1S/C14H16O2/c1-4-8-13(16-14(15)11(2)3)12-9-6-5-7-10-12/h4-7,9-10,13H,1-2,8H2,3H3. The summed E-state index contributed by atoms with van der Waals surface area (Å²) < 4.78 is 5.33. The molecular weight excluding hydrogens is 200 g/mol. The second-order valence-electron chi connectivity index (χ2n) is 3.61. The lowest BCUT2D eigenvalue weighted by Crippen LogP contribution is -2.11. The van der Waals surface area contributed by atoms with E-state index in [0.29, 0.717) is 12.0 Å². The minimum atomic E-state index is -0.365. The maximum Gasteiger partial charge on any atom is 0.333 e. The van der Waals surface area contributed by atoms with Gasteiger partial charge in [-0.15, -0.1) is 6.58 Å². The van der Waals surface area contributed by atoms with Gasteiger partial charge in [0.1, 0.15) is 6.10 Å². The maximum absolute atomic E-state index is 11.4. The first-order valence-electron chi connectivity index (χ1n) is 5.17. The van der Waals surface area contributed by atoms with Gasteiger partial charge >= 0.3 is 5.97 Å². The molecule has 0 aromatic heterocycles. The largest absolute Gasteiger partial charge is 0.454 e. The van der Waals surface area contributed by atoms with Crippen LogP contribution in [0.25, 0.3) is 0 Å². The van der Waals surface area contributed by atoms with E-state index in [1.54, 1.807) is 13.0 Å². The lowest BCUT2D eigenvalue weighted by molar-refractivity contribution is -0.144. The number of rotatable bonds is 5. The quantitative estimate of drug-likeness (QED) is 0.428. The Bertz CT molecular complexity index is 379. The molecule has 2 heteroatoms. The second kappa shape index (κ2) is 5.91. The molecule has 0 amide bonds. The van der Waals surface area contributed by atoms with E-state index in [2.05, 4.69) is 13.2 Å². The van der Waals surface area contributed by atoms with E-state index in [9.17, 15) is 4.79 Å². The Hall–Kier alpha value is -1.83. The molecule has 1 aromatic carbocycles. The maximum atomic E-state index is 11.4. The Balaban J connectivity index is 2.79. The van der Waals surface area contributed by atoms with Gasteiger partial charge in [0.25, 0.3) is 0 Å². The molecule has 1 rings (SSSR count). The van der Waals surface area contributed by atoms with Gasteiger partial charge in [-0.2, -0.15) is 0 Å². The van der Waals surface area contributed by atoms with E-state index in [1.807, 2.05) is 30.3 Å². The van der Waals surface area contributed by atoms with Crippen LogP contribution < -0.4 is 0 Å². The number of esters is 1. The summed E-state index contributed by atoms with van der Waals surface area (Å²) >= 11 is 0. The molecule has 1 atom stereocenters. The van der Waals surface area contributed by atoms with Crippen LogP contribution in [-0.2, 0) is 9.53 Å². The van der Waals surface area contributed by atoms with Crippen LogP contribution in [0.1, 0.15) is 25.0 Å². The summed E-state index contributed by atoms with van der Waals surface area (Å²) in [6, 6.07) is 9.62. The molecule has 1 unspecified atom stereocenters. The van der Waals surface area contributed by atoms with E-state index in [4.69, 9.17) is 4.74 Å². The first-order valence-corrected chi connectivity index (χ1v) is 5.17. The summed E-state index contributed by atoms with van der Waals surface area (Å²) in [5.74, 6) is -0.365. The Morgan fingerprint density at radius 1 is 1.44 bits per heavy atom. The molecule has 0 spiro atoms. The van der Waals surface area contributed by atoms with Crippen molar-refractivity contribution in [2.75, 3.05) is 0 Å². The molecule has 0 saturated carbocycles. The van der Waals surface area contributed by atoms with Crippen LogP contribution >= 0.6 is 0 Å². The SMILES string of the molecule is C=CCC(OC(=O)C(=C)C)c1ccccc1. The average molecular weight is 216 g/mol. The highest BCUT2D eigenvalue weighted by Gasteiger charge is 2.15. The van der Waals surface area contributed by atoms with Crippen molar-refractivity contribution >= 4 is 5.97 Å². The van der Waals surface area contributed by atoms with Crippen molar-refractivity contribution in [1.82, 2.24) is 0 Å². The Labute approximate surface area is 96.2 Å². The van der Waals surface area contributed by atoms with Gasteiger partial charge < -0.3 is 4.74 Å². The Morgan fingerprint density at radius 3 is 2.56 bits per heavy atom.